The predicted octanol–water partition coefficient (Wildman–Crippen LogP) is 6.82. The standard InChI is InChI=1S/C18H32BrP/c1-4-6-10-14-20(3,15-11-7-5-2)16-17-12-8-9-13-18(17)19/h8,12H,3-7,9-11,13-16H2,1-2H3. The van der Waals surface area contributed by atoms with Crippen LogP contribution in [0.1, 0.15) is 65.2 Å². The largest absolute Gasteiger partial charge is 0.108 e. The summed E-state index contributed by atoms with van der Waals surface area (Å²) in [6.45, 7) is 3.57. The smallest absolute Gasteiger partial charge is 0.00108 e. The van der Waals surface area contributed by atoms with Crippen LogP contribution in [0.3, 0.4) is 0 Å². The van der Waals surface area contributed by atoms with Crippen LogP contribution < -0.4 is 0 Å². The van der Waals surface area contributed by atoms with Crippen LogP contribution in [-0.2, 0) is 0 Å². The first-order valence-corrected chi connectivity index (χ1v) is 11.7. The van der Waals surface area contributed by atoms with Gasteiger partial charge in [0.15, 0.2) is 0 Å². The van der Waals surface area contributed by atoms with E-state index in [9.17, 15) is 0 Å². The van der Waals surface area contributed by atoms with Crippen molar-refractivity contribution in [3.8, 4) is 0 Å². The third kappa shape index (κ3) is 6.81. The molecule has 0 atom stereocenters. The van der Waals surface area contributed by atoms with E-state index in [0.29, 0.717) is 0 Å². The summed E-state index contributed by atoms with van der Waals surface area (Å²) in [4.78, 5) is 0. The summed E-state index contributed by atoms with van der Waals surface area (Å²) in [5.41, 5.74) is 1.55. The average Bonchev–Trinajstić information content (AvgIpc) is 2.42. The second-order valence-corrected chi connectivity index (χ2v) is 11.1. The number of hydrogen-bond acceptors (Lipinski definition) is 0. The van der Waals surface area contributed by atoms with Gasteiger partial charge >= 0.3 is 0 Å². The lowest BCUT2D eigenvalue weighted by Gasteiger charge is -2.27. The SMILES string of the molecule is C=P(CCCCC)(CCCCC)CC1=C(Br)CCC=C1. The van der Waals surface area contributed by atoms with Gasteiger partial charge in [0.1, 0.15) is 0 Å². The summed E-state index contributed by atoms with van der Waals surface area (Å²) >= 11 is 3.79. The van der Waals surface area contributed by atoms with Crippen molar-refractivity contribution >= 4 is 29.1 Å². The molecule has 0 radical (unpaired) electrons. The fourth-order valence-electron chi connectivity index (χ4n) is 2.85. The van der Waals surface area contributed by atoms with Crippen LogP contribution in [0.15, 0.2) is 22.2 Å². The molecule has 0 aromatic carbocycles. The molecule has 0 bridgehead atoms. The fourth-order valence-corrected chi connectivity index (χ4v) is 6.92. The third-order valence-electron chi connectivity index (χ3n) is 4.18. The predicted molar refractivity (Wildman–Crippen MR) is 102 cm³/mol. The van der Waals surface area contributed by atoms with Gasteiger partial charge in [-0.25, -0.2) is 0 Å². The van der Waals surface area contributed by atoms with E-state index in [0.717, 1.165) is 0 Å². The maximum atomic E-state index is 4.76. The Labute approximate surface area is 135 Å². The Bertz CT molecular complexity index is 365. The van der Waals surface area contributed by atoms with Gasteiger partial charge in [-0.05, 0) is 54.2 Å². The zero-order valence-electron chi connectivity index (χ0n) is 13.5. The Morgan fingerprint density at radius 3 is 2.20 bits per heavy atom. The number of unbranched alkanes of at least 4 members (excludes halogenated alkanes) is 4. The maximum absolute atomic E-state index is 4.76. The molecule has 0 amide bonds. The molecule has 0 nitrogen and oxygen atoms in total. The van der Waals surface area contributed by atoms with Crippen molar-refractivity contribution < 1.29 is 0 Å². The Morgan fingerprint density at radius 1 is 1.10 bits per heavy atom. The second-order valence-electron chi connectivity index (χ2n) is 6.23. The summed E-state index contributed by atoms with van der Waals surface area (Å²) in [7, 11) is 0. The van der Waals surface area contributed by atoms with Gasteiger partial charge in [-0.1, -0.05) is 67.6 Å². The zero-order chi connectivity index (χ0) is 14.8. The van der Waals surface area contributed by atoms with Crippen LogP contribution in [0.4, 0.5) is 0 Å². The summed E-state index contributed by atoms with van der Waals surface area (Å²) in [5, 5.41) is 0. The van der Waals surface area contributed by atoms with Crippen molar-refractivity contribution in [2.75, 3.05) is 18.5 Å². The highest BCUT2D eigenvalue weighted by molar-refractivity contribution is 9.11. The third-order valence-corrected chi connectivity index (χ3v) is 8.62. The van der Waals surface area contributed by atoms with Crippen LogP contribution in [0, 0.1) is 0 Å². The quantitative estimate of drug-likeness (QED) is 0.297. The molecule has 1 aliphatic rings. The minimum Gasteiger partial charge on any atom is -0.108 e. The molecule has 0 heterocycles. The van der Waals surface area contributed by atoms with Gasteiger partial charge in [0.05, 0.1) is 0 Å². The second kappa shape index (κ2) is 10.1. The molecule has 116 valence electrons. The molecule has 0 aliphatic heterocycles. The molecule has 20 heavy (non-hydrogen) atoms. The van der Waals surface area contributed by atoms with E-state index in [2.05, 4.69) is 41.9 Å². The van der Waals surface area contributed by atoms with Crippen molar-refractivity contribution in [2.24, 2.45) is 0 Å². The summed E-state index contributed by atoms with van der Waals surface area (Å²) in [6.07, 6.45) is 24.0. The molecule has 0 N–H and O–H groups in total. The Balaban J connectivity index is 2.65. The van der Waals surface area contributed by atoms with E-state index in [1.807, 2.05) is 0 Å². The lowest BCUT2D eigenvalue weighted by Crippen LogP contribution is -2.05. The highest BCUT2D eigenvalue weighted by Crippen LogP contribution is 2.50. The first-order chi connectivity index (χ1) is 9.61. The van der Waals surface area contributed by atoms with Crippen LogP contribution in [-0.4, -0.2) is 24.8 Å². The first kappa shape index (κ1) is 18.3. The minimum atomic E-state index is -1.02. The Hall–Kier alpha value is 0.260. The normalized spacial score (nSPS) is 15.9. The van der Waals surface area contributed by atoms with E-state index < -0.39 is 6.89 Å². The number of allylic oxidation sites excluding steroid dienone is 4. The lowest BCUT2D eigenvalue weighted by molar-refractivity contribution is 0.761. The van der Waals surface area contributed by atoms with Crippen molar-refractivity contribution in [2.45, 2.75) is 65.2 Å². The lowest BCUT2D eigenvalue weighted by atomic mass is 10.1. The van der Waals surface area contributed by atoms with E-state index in [1.54, 1.807) is 5.57 Å². The molecule has 0 saturated carbocycles. The van der Waals surface area contributed by atoms with Gasteiger partial charge in [0.2, 0.25) is 0 Å². The van der Waals surface area contributed by atoms with E-state index >= 15 is 0 Å². The number of hydrogen-bond donors (Lipinski definition) is 0. The van der Waals surface area contributed by atoms with Gasteiger partial charge in [-0.2, -0.15) is 0 Å². The molecule has 2 heteroatoms. The first-order valence-electron chi connectivity index (χ1n) is 8.36. The molecule has 0 aromatic heterocycles. The molecule has 1 rings (SSSR count). The molecular weight excluding hydrogens is 327 g/mol. The van der Waals surface area contributed by atoms with Gasteiger partial charge in [-0.15, -0.1) is 13.2 Å². The topological polar surface area (TPSA) is 0 Å². The van der Waals surface area contributed by atoms with Crippen molar-refractivity contribution in [3.63, 3.8) is 0 Å². The Kier molecular flexibility index (Phi) is 9.21. The van der Waals surface area contributed by atoms with Crippen LogP contribution in [0.2, 0.25) is 0 Å². The highest BCUT2D eigenvalue weighted by Gasteiger charge is 2.17. The van der Waals surface area contributed by atoms with E-state index in [1.165, 1.54) is 74.3 Å². The van der Waals surface area contributed by atoms with Crippen molar-refractivity contribution in [1.29, 1.82) is 0 Å². The summed E-state index contributed by atoms with van der Waals surface area (Å²) in [6, 6.07) is 0. The minimum absolute atomic E-state index is 1.02. The summed E-state index contributed by atoms with van der Waals surface area (Å²) in [5.74, 6) is 0. The zero-order valence-corrected chi connectivity index (χ0v) is 15.9. The molecule has 1 aliphatic carbocycles. The molecule has 0 aromatic rings. The number of rotatable bonds is 10. The molecule has 0 fully saturated rings. The summed E-state index contributed by atoms with van der Waals surface area (Å²) < 4.78 is 1.44. The fraction of sp³-hybridized carbons (Fsp3) is 0.722. The highest BCUT2D eigenvalue weighted by atomic mass is 79.9. The number of halogens is 1. The monoisotopic (exact) mass is 358 g/mol. The van der Waals surface area contributed by atoms with Gasteiger partial charge in [-0.3, -0.25) is 0 Å². The van der Waals surface area contributed by atoms with Crippen LogP contribution in [0.25, 0.3) is 0 Å². The van der Waals surface area contributed by atoms with Gasteiger partial charge in [0, 0.05) is 0 Å². The Morgan fingerprint density at radius 2 is 1.70 bits per heavy atom. The van der Waals surface area contributed by atoms with Crippen LogP contribution >= 0.6 is 22.8 Å². The molecule has 0 unspecified atom stereocenters. The van der Waals surface area contributed by atoms with Crippen LogP contribution in [0.5, 0.6) is 0 Å². The van der Waals surface area contributed by atoms with E-state index in [-0.39, 0.29) is 0 Å². The van der Waals surface area contributed by atoms with Gasteiger partial charge < -0.3 is 0 Å². The van der Waals surface area contributed by atoms with Crippen molar-refractivity contribution in [1.82, 2.24) is 0 Å². The van der Waals surface area contributed by atoms with Gasteiger partial charge in [0.25, 0.3) is 0 Å². The maximum Gasteiger partial charge on any atom is -0.00108 e. The average molecular weight is 359 g/mol. The molecule has 0 spiro atoms. The molecular formula is C18H32BrP. The molecule has 0 saturated heterocycles. The van der Waals surface area contributed by atoms with Crippen molar-refractivity contribution in [3.05, 3.63) is 22.2 Å². The van der Waals surface area contributed by atoms with E-state index in [4.69, 9.17) is 6.30 Å².